The Balaban J connectivity index is 1.78. The Bertz CT molecular complexity index is 1090. The zero-order valence-corrected chi connectivity index (χ0v) is 16.9. The van der Waals surface area contributed by atoms with Crippen molar-refractivity contribution in [2.75, 3.05) is 10.6 Å². The van der Waals surface area contributed by atoms with E-state index in [1.165, 1.54) is 0 Å². The number of hydrogen-bond acceptors (Lipinski definition) is 5. The summed E-state index contributed by atoms with van der Waals surface area (Å²) in [7, 11) is -3.41. The van der Waals surface area contributed by atoms with Crippen molar-refractivity contribution in [1.29, 1.82) is 0 Å². The first-order valence-corrected chi connectivity index (χ1v) is 11.0. The molecule has 2 aromatic carbocycles. The van der Waals surface area contributed by atoms with E-state index in [2.05, 4.69) is 22.5 Å². The monoisotopic (exact) mass is 403 g/mol. The van der Waals surface area contributed by atoms with Crippen molar-refractivity contribution in [2.24, 2.45) is 0 Å². The van der Waals surface area contributed by atoms with Gasteiger partial charge in [0.25, 0.3) is 0 Å². The van der Waals surface area contributed by atoms with Crippen LogP contribution in [0, 0.1) is 0 Å². The van der Waals surface area contributed by atoms with Crippen LogP contribution in [0.5, 0.6) is 0 Å². The van der Waals surface area contributed by atoms with Gasteiger partial charge in [-0.1, -0.05) is 19.1 Å². The molecule has 0 saturated heterocycles. The zero-order chi connectivity index (χ0) is 19.6. The van der Waals surface area contributed by atoms with Gasteiger partial charge in [0.2, 0.25) is 14.2 Å². The number of urea groups is 1. The third-order valence-electron chi connectivity index (χ3n) is 4.08. The number of hydrogen-bond donors (Lipinski definition) is 2. The lowest BCUT2D eigenvalue weighted by Crippen LogP contribution is -2.19. The molecule has 0 bridgehead atoms. The molecule has 0 atom stereocenters. The van der Waals surface area contributed by atoms with Gasteiger partial charge in [-0.2, -0.15) is 0 Å². The fourth-order valence-electron chi connectivity index (χ4n) is 2.47. The fraction of sp³-hybridized carbons (Fsp3) is 0.263. The Morgan fingerprint density at radius 3 is 2.48 bits per heavy atom. The minimum Gasteiger partial charge on any atom is -0.308 e. The first-order valence-electron chi connectivity index (χ1n) is 8.61. The molecule has 1 heterocycles. The number of aryl methyl sites for hydroxylation is 1. The van der Waals surface area contributed by atoms with E-state index in [1.807, 2.05) is 24.3 Å². The Hall–Kier alpha value is -2.45. The highest BCUT2D eigenvalue weighted by atomic mass is 32.2. The van der Waals surface area contributed by atoms with Crippen molar-refractivity contribution in [3.8, 4) is 0 Å². The number of nitrogens with one attached hydrogen (secondary N) is 2. The van der Waals surface area contributed by atoms with Gasteiger partial charge in [-0.15, -0.1) is 11.3 Å². The average molecular weight is 404 g/mol. The van der Waals surface area contributed by atoms with Crippen molar-refractivity contribution in [3.63, 3.8) is 0 Å². The predicted octanol–water partition coefficient (Wildman–Crippen LogP) is 4.68. The standard InChI is InChI=1S/C19H21N3O3S2/c1-4-13-6-5-7-14(10-13)20-18(23)21-15-8-9-16-17(11-15)26-19(22-16)27(24,25)12(2)3/h5-12H,4H2,1-3H3,(H2,20,21,23). The van der Waals surface area contributed by atoms with E-state index < -0.39 is 15.1 Å². The second-order valence-electron chi connectivity index (χ2n) is 6.39. The molecule has 3 rings (SSSR count). The Kier molecular flexibility index (Phi) is 5.48. The Morgan fingerprint density at radius 1 is 1.11 bits per heavy atom. The maximum absolute atomic E-state index is 12.3. The van der Waals surface area contributed by atoms with Crippen molar-refractivity contribution >= 4 is 48.8 Å². The highest BCUT2D eigenvalue weighted by Gasteiger charge is 2.23. The summed E-state index contributed by atoms with van der Waals surface area (Å²) in [6.45, 7) is 5.32. The number of thiazole rings is 1. The predicted molar refractivity (Wildman–Crippen MR) is 110 cm³/mol. The van der Waals surface area contributed by atoms with Crippen LogP contribution in [-0.2, 0) is 16.3 Å². The Morgan fingerprint density at radius 2 is 1.81 bits per heavy atom. The summed E-state index contributed by atoms with van der Waals surface area (Å²) < 4.78 is 25.4. The second-order valence-corrected chi connectivity index (χ2v) is 10.1. The van der Waals surface area contributed by atoms with Crippen LogP contribution in [0.3, 0.4) is 0 Å². The molecule has 142 valence electrons. The highest BCUT2D eigenvalue weighted by molar-refractivity contribution is 7.94. The van der Waals surface area contributed by atoms with E-state index >= 15 is 0 Å². The molecule has 0 aliphatic rings. The first-order chi connectivity index (χ1) is 12.8. The number of carbonyl (C=O) groups excluding carboxylic acids is 1. The molecule has 1 aromatic heterocycles. The van der Waals surface area contributed by atoms with Crippen LogP contribution in [0.15, 0.2) is 46.8 Å². The van der Waals surface area contributed by atoms with Crippen LogP contribution in [0.1, 0.15) is 26.3 Å². The molecule has 0 aliphatic heterocycles. The zero-order valence-electron chi connectivity index (χ0n) is 15.3. The van der Waals surface area contributed by atoms with Crippen LogP contribution < -0.4 is 10.6 Å². The molecule has 0 radical (unpaired) electrons. The van der Waals surface area contributed by atoms with E-state index in [9.17, 15) is 13.2 Å². The summed E-state index contributed by atoms with van der Waals surface area (Å²) in [5, 5.41) is 5.04. The van der Waals surface area contributed by atoms with Crippen LogP contribution in [0.2, 0.25) is 0 Å². The summed E-state index contributed by atoms with van der Waals surface area (Å²) in [5.74, 6) is 0. The largest absolute Gasteiger partial charge is 0.323 e. The number of benzene rings is 2. The smallest absolute Gasteiger partial charge is 0.308 e. The van der Waals surface area contributed by atoms with E-state index in [4.69, 9.17) is 0 Å². The molecule has 0 fully saturated rings. The quantitative estimate of drug-likeness (QED) is 0.647. The van der Waals surface area contributed by atoms with Gasteiger partial charge in [0.05, 0.1) is 15.5 Å². The third-order valence-corrected chi connectivity index (χ3v) is 7.66. The van der Waals surface area contributed by atoms with Crippen LogP contribution >= 0.6 is 11.3 Å². The van der Waals surface area contributed by atoms with E-state index in [1.54, 1.807) is 32.0 Å². The number of nitrogens with zero attached hydrogens (tertiary/aromatic N) is 1. The van der Waals surface area contributed by atoms with E-state index in [0.29, 0.717) is 15.9 Å². The molecule has 0 unspecified atom stereocenters. The average Bonchev–Trinajstić information content (AvgIpc) is 3.05. The lowest BCUT2D eigenvalue weighted by molar-refractivity contribution is 0.262. The van der Waals surface area contributed by atoms with Crippen LogP contribution in [0.25, 0.3) is 10.2 Å². The molecule has 3 aromatic rings. The molecule has 0 saturated carbocycles. The third kappa shape index (κ3) is 4.28. The number of amides is 2. The maximum Gasteiger partial charge on any atom is 0.323 e. The van der Waals surface area contributed by atoms with E-state index in [-0.39, 0.29) is 10.4 Å². The summed E-state index contributed by atoms with van der Waals surface area (Å²) in [6, 6.07) is 12.4. The van der Waals surface area contributed by atoms with E-state index in [0.717, 1.165) is 29.0 Å². The molecule has 0 aliphatic carbocycles. The SMILES string of the molecule is CCc1cccc(NC(=O)Nc2ccc3nc(S(=O)(=O)C(C)C)sc3c2)c1. The summed E-state index contributed by atoms with van der Waals surface area (Å²) in [4.78, 5) is 16.5. The number of aromatic nitrogens is 1. The van der Waals surface area contributed by atoms with Gasteiger partial charge in [-0.25, -0.2) is 18.2 Å². The van der Waals surface area contributed by atoms with Gasteiger partial charge in [0.15, 0.2) is 0 Å². The number of carbonyl (C=O) groups is 1. The summed E-state index contributed by atoms with van der Waals surface area (Å²) in [6.07, 6.45) is 0.890. The molecule has 2 amide bonds. The number of fused-ring (bicyclic) bond motifs is 1. The first kappa shape index (κ1) is 19.3. The number of anilines is 2. The van der Waals surface area contributed by atoms with Gasteiger partial charge in [-0.05, 0) is 56.2 Å². The highest BCUT2D eigenvalue weighted by Crippen LogP contribution is 2.30. The minimum atomic E-state index is -3.41. The summed E-state index contributed by atoms with van der Waals surface area (Å²) in [5.41, 5.74) is 3.03. The number of sulfone groups is 1. The van der Waals surface area contributed by atoms with Crippen molar-refractivity contribution in [1.82, 2.24) is 4.98 Å². The van der Waals surface area contributed by atoms with Crippen molar-refractivity contribution in [2.45, 2.75) is 36.8 Å². The lowest BCUT2D eigenvalue weighted by atomic mass is 10.1. The van der Waals surface area contributed by atoms with Crippen LogP contribution in [0.4, 0.5) is 16.2 Å². The Labute approximate surface area is 162 Å². The molecule has 8 heteroatoms. The van der Waals surface area contributed by atoms with Crippen molar-refractivity contribution in [3.05, 3.63) is 48.0 Å². The lowest BCUT2D eigenvalue weighted by Gasteiger charge is -2.08. The van der Waals surface area contributed by atoms with Gasteiger partial charge in [0.1, 0.15) is 0 Å². The van der Waals surface area contributed by atoms with Gasteiger partial charge < -0.3 is 10.6 Å². The van der Waals surface area contributed by atoms with Gasteiger partial charge in [-0.3, -0.25) is 0 Å². The topological polar surface area (TPSA) is 88.2 Å². The maximum atomic E-state index is 12.3. The normalized spacial score (nSPS) is 11.7. The fourth-order valence-corrected chi connectivity index (χ4v) is 5.14. The van der Waals surface area contributed by atoms with Crippen LogP contribution in [-0.4, -0.2) is 24.7 Å². The molecular weight excluding hydrogens is 382 g/mol. The number of rotatable bonds is 5. The molecular formula is C19H21N3O3S2. The van der Waals surface area contributed by atoms with Crippen molar-refractivity contribution < 1.29 is 13.2 Å². The summed E-state index contributed by atoms with van der Waals surface area (Å²) >= 11 is 1.11. The molecule has 6 nitrogen and oxygen atoms in total. The van der Waals surface area contributed by atoms with Gasteiger partial charge in [0, 0.05) is 11.4 Å². The minimum absolute atomic E-state index is 0.102. The second kappa shape index (κ2) is 7.66. The molecule has 0 spiro atoms. The van der Waals surface area contributed by atoms with Gasteiger partial charge >= 0.3 is 6.03 Å². The molecule has 27 heavy (non-hydrogen) atoms. The molecule has 2 N–H and O–H groups in total.